The average Bonchev–Trinajstić information content (AvgIpc) is 2.77. The van der Waals surface area contributed by atoms with E-state index in [4.69, 9.17) is 11.6 Å². The number of carbonyl (C=O) groups excluding carboxylic acids is 2. The zero-order chi connectivity index (χ0) is 24.6. The molecular weight excluding hydrogens is 472 g/mol. The van der Waals surface area contributed by atoms with Gasteiger partial charge in [0.15, 0.2) is 0 Å². The van der Waals surface area contributed by atoms with Gasteiger partial charge in [-0.3, -0.25) is 9.59 Å². The highest BCUT2D eigenvalue weighted by molar-refractivity contribution is 6.31. The monoisotopic (exact) mass is 490 g/mol. The van der Waals surface area contributed by atoms with Crippen molar-refractivity contribution >= 4 is 29.1 Å². The van der Waals surface area contributed by atoms with E-state index in [1.807, 2.05) is 0 Å². The van der Waals surface area contributed by atoms with E-state index in [0.29, 0.717) is 24.2 Å². The zero-order valence-electron chi connectivity index (χ0n) is 18.0. The first kappa shape index (κ1) is 23.8. The molecule has 2 amide bonds. The molecule has 34 heavy (non-hydrogen) atoms. The Hall–Kier alpha value is -3.39. The number of nitrogens with one attached hydrogen (secondary N) is 1. The van der Waals surface area contributed by atoms with Gasteiger partial charge in [0, 0.05) is 52.0 Å². The van der Waals surface area contributed by atoms with Gasteiger partial charge in [0.25, 0.3) is 5.91 Å². The lowest BCUT2D eigenvalue weighted by Gasteiger charge is -2.33. The molecule has 3 aromatic carbocycles. The lowest BCUT2D eigenvalue weighted by atomic mass is 9.91. The highest BCUT2D eigenvalue weighted by Gasteiger charge is 2.31. The van der Waals surface area contributed by atoms with Crippen LogP contribution in [0, 0.1) is 29.2 Å². The predicted molar refractivity (Wildman–Crippen MR) is 119 cm³/mol. The van der Waals surface area contributed by atoms with Crippen LogP contribution in [-0.2, 0) is 24.3 Å². The first-order valence-electron chi connectivity index (χ1n) is 10.4. The predicted octanol–water partition coefficient (Wildman–Crippen LogP) is 5.55. The summed E-state index contributed by atoms with van der Waals surface area (Å²) in [6.45, 7) is 1.13. The lowest BCUT2D eigenvalue weighted by Crippen LogP contribution is -2.40. The second-order valence-corrected chi connectivity index (χ2v) is 8.51. The molecule has 1 heterocycles. The third-order valence-electron chi connectivity index (χ3n) is 5.76. The molecule has 0 fully saturated rings. The molecule has 1 aliphatic rings. The summed E-state index contributed by atoms with van der Waals surface area (Å²) < 4.78 is 55.2. The summed E-state index contributed by atoms with van der Waals surface area (Å²) in [6, 6.07) is 9.98. The summed E-state index contributed by atoms with van der Waals surface area (Å²) in [6.07, 6.45) is 0.434. The molecule has 0 bridgehead atoms. The van der Waals surface area contributed by atoms with E-state index >= 15 is 0 Å². The van der Waals surface area contributed by atoms with E-state index in [1.165, 1.54) is 35.2 Å². The van der Waals surface area contributed by atoms with Gasteiger partial charge in [-0.05, 0) is 36.2 Å². The summed E-state index contributed by atoms with van der Waals surface area (Å²) >= 11 is 6.15. The van der Waals surface area contributed by atoms with Crippen molar-refractivity contribution in [2.24, 2.45) is 5.92 Å². The molecule has 0 aliphatic carbocycles. The summed E-state index contributed by atoms with van der Waals surface area (Å²) in [4.78, 5) is 27.0. The average molecular weight is 491 g/mol. The summed E-state index contributed by atoms with van der Waals surface area (Å²) in [5, 5.41) is 2.57. The number of halogens is 5. The Morgan fingerprint density at radius 3 is 2.41 bits per heavy atom. The van der Waals surface area contributed by atoms with Gasteiger partial charge in [-0.2, -0.15) is 0 Å². The van der Waals surface area contributed by atoms with Crippen molar-refractivity contribution in [3.63, 3.8) is 0 Å². The normalized spacial score (nSPS) is 15.3. The van der Waals surface area contributed by atoms with E-state index < -0.39 is 41.3 Å². The van der Waals surface area contributed by atoms with Crippen LogP contribution in [0.5, 0.6) is 0 Å². The van der Waals surface area contributed by atoms with Gasteiger partial charge in [-0.1, -0.05) is 30.7 Å². The standard InChI is InChI=1S/C25H19ClF4N2O2/c1-13-7-14-5-6-15(24(33)31-11-17-21(29)9-16(27)10-22(17)30)8-23(14)32(25(13)34)12-18-19(26)3-2-4-20(18)28/h2-6,8-10,13H,7,11-12H2,1H3,(H,31,33). The molecule has 0 saturated carbocycles. The lowest BCUT2D eigenvalue weighted by molar-refractivity contribution is -0.122. The number of rotatable bonds is 5. The van der Waals surface area contributed by atoms with Crippen molar-refractivity contribution in [1.82, 2.24) is 5.32 Å². The fraction of sp³-hybridized carbons (Fsp3) is 0.200. The Balaban J connectivity index is 1.62. The van der Waals surface area contributed by atoms with E-state index in [0.717, 1.165) is 5.56 Å². The molecule has 1 atom stereocenters. The fourth-order valence-electron chi connectivity index (χ4n) is 3.95. The summed E-state index contributed by atoms with van der Waals surface area (Å²) in [7, 11) is 0. The SMILES string of the molecule is CC1Cc2ccc(C(=O)NCc3c(F)cc(F)cc3F)cc2N(Cc2c(F)cccc2Cl)C1=O. The van der Waals surface area contributed by atoms with E-state index in [1.54, 1.807) is 13.0 Å². The minimum Gasteiger partial charge on any atom is -0.348 e. The molecule has 1 aliphatic heterocycles. The maximum atomic E-state index is 14.4. The molecule has 176 valence electrons. The van der Waals surface area contributed by atoms with E-state index in [-0.39, 0.29) is 34.5 Å². The van der Waals surface area contributed by atoms with Crippen LogP contribution in [0.25, 0.3) is 0 Å². The Kier molecular flexibility index (Phi) is 6.61. The topological polar surface area (TPSA) is 49.4 Å². The summed E-state index contributed by atoms with van der Waals surface area (Å²) in [5.74, 6) is -5.11. The minimum absolute atomic E-state index is 0.126. The number of anilines is 1. The van der Waals surface area contributed by atoms with E-state index in [9.17, 15) is 27.2 Å². The molecule has 4 nitrogen and oxygen atoms in total. The van der Waals surface area contributed by atoms with Crippen molar-refractivity contribution in [2.75, 3.05) is 4.90 Å². The second-order valence-electron chi connectivity index (χ2n) is 8.10. The van der Waals surface area contributed by atoms with Gasteiger partial charge in [0.1, 0.15) is 23.3 Å². The van der Waals surface area contributed by atoms with Gasteiger partial charge in [-0.25, -0.2) is 17.6 Å². The number of hydrogen-bond acceptors (Lipinski definition) is 2. The Morgan fingerprint density at radius 1 is 1.03 bits per heavy atom. The quantitative estimate of drug-likeness (QED) is 0.477. The van der Waals surface area contributed by atoms with Gasteiger partial charge in [0.05, 0.1) is 6.54 Å². The zero-order valence-corrected chi connectivity index (χ0v) is 18.7. The molecule has 9 heteroatoms. The first-order chi connectivity index (χ1) is 16.2. The Labute approximate surface area is 198 Å². The van der Waals surface area contributed by atoms with Crippen LogP contribution in [0.3, 0.4) is 0 Å². The van der Waals surface area contributed by atoms with Crippen LogP contribution in [0.4, 0.5) is 23.2 Å². The Bertz CT molecular complexity index is 1250. The number of fused-ring (bicyclic) bond motifs is 1. The highest BCUT2D eigenvalue weighted by atomic mass is 35.5. The van der Waals surface area contributed by atoms with Gasteiger partial charge in [-0.15, -0.1) is 0 Å². The summed E-state index contributed by atoms with van der Waals surface area (Å²) in [5.41, 5.74) is 1.01. The largest absolute Gasteiger partial charge is 0.348 e. The van der Waals surface area contributed by atoms with E-state index in [2.05, 4.69) is 5.32 Å². The third kappa shape index (κ3) is 4.63. The molecule has 3 aromatic rings. The number of amides is 2. The number of benzene rings is 3. The van der Waals surface area contributed by atoms with Crippen molar-refractivity contribution < 1.29 is 27.2 Å². The van der Waals surface area contributed by atoms with Gasteiger partial charge in [0.2, 0.25) is 5.91 Å². The molecule has 0 radical (unpaired) electrons. The van der Waals surface area contributed by atoms with Gasteiger partial charge >= 0.3 is 0 Å². The molecule has 0 saturated heterocycles. The maximum Gasteiger partial charge on any atom is 0.251 e. The van der Waals surface area contributed by atoms with Crippen LogP contribution >= 0.6 is 11.6 Å². The molecule has 4 rings (SSSR count). The van der Waals surface area contributed by atoms with Crippen LogP contribution in [0.1, 0.15) is 34.0 Å². The van der Waals surface area contributed by atoms with Crippen LogP contribution in [0.2, 0.25) is 5.02 Å². The van der Waals surface area contributed by atoms with Crippen molar-refractivity contribution in [3.05, 3.63) is 99.1 Å². The van der Waals surface area contributed by atoms with Crippen LogP contribution < -0.4 is 10.2 Å². The molecule has 1 unspecified atom stereocenters. The molecule has 1 N–H and O–H groups in total. The van der Waals surface area contributed by atoms with Crippen LogP contribution in [0.15, 0.2) is 48.5 Å². The highest BCUT2D eigenvalue weighted by Crippen LogP contribution is 2.34. The Morgan fingerprint density at radius 2 is 1.74 bits per heavy atom. The third-order valence-corrected chi connectivity index (χ3v) is 6.12. The molecule has 0 spiro atoms. The smallest absolute Gasteiger partial charge is 0.251 e. The number of carbonyl (C=O) groups is 2. The minimum atomic E-state index is -1.12. The van der Waals surface area contributed by atoms with Crippen molar-refractivity contribution in [3.8, 4) is 0 Å². The fourth-order valence-corrected chi connectivity index (χ4v) is 4.17. The van der Waals surface area contributed by atoms with Crippen LogP contribution in [-0.4, -0.2) is 11.8 Å². The maximum absolute atomic E-state index is 14.4. The van der Waals surface area contributed by atoms with Crippen molar-refractivity contribution in [1.29, 1.82) is 0 Å². The first-order valence-corrected chi connectivity index (χ1v) is 10.8. The van der Waals surface area contributed by atoms with Gasteiger partial charge < -0.3 is 10.2 Å². The number of nitrogens with zero attached hydrogens (tertiary/aromatic N) is 1. The molecule has 0 aromatic heterocycles. The van der Waals surface area contributed by atoms with Crippen molar-refractivity contribution in [2.45, 2.75) is 26.4 Å². The second kappa shape index (κ2) is 9.46. The number of hydrogen-bond donors (Lipinski definition) is 1. The molecular formula is C25H19ClF4N2O2.